The molecule has 0 fully saturated rings. The average Bonchev–Trinajstić information content (AvgIpc) is 2.25. The van der Waals surface area contributed by atoms with Gasteiger partial charge in [0.1, 0.15) is 6.29 Å². The molecule has 0 amide bonds. The number of aliphatic carboxylic acids is 1. The van der Waals surface area contributed by atoms with Gasteiger partial charge in [-0.3, -0.25) is 4.79 Å². The maximum atomic E-state index is 10.4. The highest BCUT2D eigenvalue weighted by molar-refractivity contribution is 5.79. The third-order valence-electron chi connectivity index (χ3n) is 1.73. The molecule has 4 nitrogen and oxygen atoms in total. The first-order valence-corrected chi connectivity index (χ1v) is 4.41. The molecule has 0 aliphatic rings. The van der Waals surface area contributed by atoms with Crippen molar-refractivity contribution >= 4 is 17.9 Å². The van der Waals surface area contributed by atoms with Gasteiger partial charge in [0, 0.05) is 23.9 Å². The van der Waals surface area contributed by atoms with Crippen LogP contribution in [0.4, 0.5) is 5.69 Å². The smallest absolute Gasteiger partial charge is 0.328 e. The van der Waals surface area contributed by atoms with Gasteiger partial charge in [0.05, 0.1) is 0 Å². The molecule has 0 aliphatic carbocycles. The Morgan fingerprint density at radius 1 is 1.33 bits per heavy atom. The van der Waals surface area contributed by atoms with Crippen molar-refractivity contribution in [3.63, 3.8) is 0 Å². The van der Waals surface area contributed by atoms with Crippen LogP contribution in [0.3, 0.4) is 0 Å². The van der Waals surface area contributed by atoms with Crippen molar-refractivity contribution in [3.05, 3.63) is 42.0 Å². The number of nitrogens with one attached hydrogen (secondary N) is 1. The summed E-state index contributed by atoms with van der Waals surface area (Å²) in [5.41, 5.74) is 1.46. The topological polar surface area (TPSA) is 66.4 Å². The van der Waals surface area contributed by atoms with Crippen molar-refractivity contribution in [1.82, 2.24) is 0 Å². The second-order valence-corrected chi connectivity index (χ2v) is 2.86. The molecule has 0 saturated carbocycles. The third kappa shape index (κ3) is 4.08. The Balaban J connectivity index is 2.44. The van der Waals surface area contributed by atoms with Crippen molar-refractivity contribution in [2.75, 3.05) is 11.9 Å². The molecule has 0 aromatic heterocycles. The summed E-state index contributed by atoms with van der Waals surface area (Å²) >= 11 is 0. The van der Waals surface area contributed by atoms with Crippen LogP contribution >= 0.6 is 0 Å². The summed E-state index contributed by atoms with van der Waals surface area (Å²) in [6.07, 6.45) is 3.36. The molecule has 78 valence electrons. The molecule has 15 heavy (non-hydrogen) atoms. The number of carboxylic acids is 1. The van der Waals surface area contributed by atoms with Crippen LogP contribution in [0.5, 0.6) is 0 Å². The van der Waals surface area contributed by atoms with Crippen LogP contribution in [-0.2, 0) is 4.79 Å². The van der Waals surface area contributed by atoms with Gasteiger partial charge < -0.3 is 10.4 Å². The van der Waals surface area contributed by atoms with Crippen LogP contribution in [0.25, 0.3) is 0 Å². The molecule has 2 N–H and O–H groups in total. The lowest BCUT2D eigenvalue weighted by atomic mass is 10.2. The quantitative estimate of drug-likeness (QED) is 0.565. The molecule has 0 aliphatic heterocycles. The van der Waals surface area contributed by atoms with Crippen LogP contribution in [0.1, 0.15) is 10.4 Å². The number of rotatable bonds is 5. The summed E-state index contributed by atoms with van der Waals surface area (Å²) in [5.74, 6) is -0.965. The highest BCUT2D eigenvalue weighted by Gasteiger charge is 1.91. The predicted octanol–water partition coefficient (Wildman–Crippen LogP) is 1.55. The van der Waals surface area contributed by atoms with E-state index in [1.54, 1.807) is 24.3 Å². The first kappa shape index (κ1) is 11.0. The fourth-order valence-corrected chi connectivity index (χ4v) is 1.02. The van der Waals surface area contributed by atoms with Gasteiger partial charge >= 0.3 is 5.97 Å². The van der Waals surface area contributed by atoms with Crippen LogP contribution in [0, 0.1) is 0 Å². The van der Waals surface area contributed by atoms with E-state index in [0.29, 0.717) is 12.1 Å². The van der Waals surface area contributed by atoms with Crippen LogP contribution in [-0.4, -0.2) is 23.9 Å². The molecule has 0 atom stereocenters. The largest absolute Gasteiger partial charge is 0.478 e. The monoisotopic (exact) mass is 205 g/mol. The lowest BCUT2D eigenvalue weighted by molar-refractivity contribution is -0.131. The summed E-state index contributed by atoms with van der Waals surface area (Å²) in [5, 5.41) is 11.3. The lowest BCUT2D eigenvalue weighted by Gasteiger charge is -2.02. The molecular formula is C11H11NO3. The van der Waals surface area contributed by atoms with Gasteiger partial charge in [-0.25, -0.2) is 4.79 Å². The van der Waals surface area contributed by atoms with Crippen molar-refractivity contribution in [2.45, 2.75) is 0 Å². The highest BCUT2D eigenvalue weighted by Crippen LogP contribution is 2.07. The summed E-state index contributed by atoms with van der Waals surface area (Å²) < 4.78 is 0. The number of benzene rings is 1. The van der Waals surface area contributed by atoms with E-state index in [1.165, 1.54) is 6.08 Å². The van der Waals surface area contributed by atoms with E-state index in [-0.39, 0.29) is 0 Å². The predicted molar refractivity (Wildman–Crippen MR) is 57.1 cm³/mol. The van der Waals surface area contributed by atoms with Crippen molar-refractivity contribution in [2.24, 2.45) is 0 Å². The van der Waals surface area contributed by atoms with Crippen molar-refractivity contribution in [3.8, 4) is 0 Å². The zero-order valence-electron chi connectivity index (χ0n) is 8.01. The van der Waals surface area contributed by atoms with Gasteiger partial charge in [0.25, 0.3) is 0 Å². The van der Waals surface area contributed by atoms with Gasteiger partial charge in [-0.15, -0.1) is 0 Å². The molecule has 0 saturated heterocycles. The Kier molecular flexibility index (Phi) is 4.09. The van der Waals surface area contributed by atoms with Gasteiger partial charge in [0.15, 0.2) is 0 Å². The molecule has 0 spiro atoms. The average molecular weight is 205 g/mol. The minimum atomic E-state index is -0.965. The molecule has 0 bridgehead atoms. The number of hydrogen-bond donors (Lipinski definition) is 2. The van der Waals surface area contributed by atoms with E-state index >= 15 is 0 Å². The van der Waals surface area contributed by atoms with Gasteiger partial charge in [-0.05, 0) is 24.3 Å². The third-order valence-corrected chi connectivity index (χ3v) is 1.73. The molecule has 0 unspecified atom stereocenters. The Hall–Kier alpha value is -2.10. The minimum Gasteiger partial charge on any atom is -0.478 e. The normalized spacial score (nSPS) is 10.1. The zero-order valence-corrected chi connectivity index (χ0v) is 8.01. The molecule has 1 aromatic carbocycles. The second kappa shape index (κ2) is 5.59. The van der Waals surface area contributed by atoms with Crippen molar-refractivity contribution < 1.29 is 14.7 Å². The SMILES string of the molecule is O=Cc1ccc(NCC=CC(=O)O)cc1. The van der Waals surface area contributed by atoms with E-state index in [0.717, 1.165) is 18.0 Å². The number of carboxylic acid groups (broad SMARTS) is 1. The summed E-state index contributed by atoms with van der Waals surface area (Å²) in [6, 6.07) is 6.91. The fraction of sp³-hybridized carbons (Fsp3) is 0.0909. The maximum Gasteiger partial charge on any atom is 0.328 e. The summed E-state index contributed by atoms with van der Waals surface area (Å²) in [4.78, 5) is 20.5. The van der Waals surface area contributed by atoms with Gasteiger partial charge in [-0.1, -0.05) is 6.08 Å². The lowest BCUT2D eigenvalue weighted by Crippen LogP contribution is -1.99. The number of aldehydes is 1. The van der Waals surface area contributed by atoms with Crippen LogP contribution < -0.4 is 5.32 Å². The summed E-state index contributed by atoms with van der Waals surface area (Å²) in [6.45, 7) is 0.437. The van der Waals surface area contributed by atoms with Crippen molar-refractivity contribution in [1.29, 1.82) is 0 Å². The Morgan fingerprint density at radius 3 is 2.53 bits per heavy atom. The van der Waals surface area contributed by atoms with Gasteiger partial charge in [-0.2, -0.15) is 0 Å². The van der Waals surface area contributed by atoms with Crippen LogP contribution in [0.15, 0.2) is 36.4 Å². The molecule has 0 heterocycles. The fourth-order valence-electron chi connectivity index (χ4n) is 1.02. The molecule has 4 heteroatoms. The number of carbonyl (C=O) groups excluding carboxylic acids is 1. The first-order valence-electron chi connectivity index (χ1n) is 4.41. The minimum absolute atomic E-state index is 0.437. The van der Waals surface area contributed by atoms with E-state index in [1.807, 2.05) is 0 Å². The maximum absolute atomic E-state index is 10.4. The molecule has 0 radical (unpaired) electrons. The highest BCUT2D eigenvalue weighted by atomic mass is 16.4. The van der Waals surface area contributed by atoms with Gasteiger partial charge in [0.2, 0.25) is 0 Å². The zero-order chi connectivity index (χ0) is 11.1. The van der Waals surface area contributed by atoms with E-state index in [2.05, 4.69) is 5.32 Å². The first-order chi connectivity index (χ1) is 7.22. The molecule has 1 aromatic rings. The Bertz CT molecular complexity index is 368. The Morgan fingerprint density at radius 2 is 2.00 bits per heavy atom. The van der Waals surface area contributed by atoms with E-state index in [4.69, 9.17) is 5.11 Å². The standard InChI is InChI=1S/C11H11NO3/c13-8-9-3-5-10(6-4-9)12-7-1-2-11(14)15/h1-6,8,12H,7H2,(H,14,15). The summed E-state index contributed by atoms with van der Waals surface area (Å²) in [7, 11) is 0. The Labute approximate surface area is 87.2 Å². The van der Waals surface area contributed by atoms with Crippen LogP contribution in [0.2, 0.25) is 0 Å². The second-order valence-electron chi connectivity index (χ2n) is 2.86. The number of hydrogen-bond acceptors (Lipinski definition) is 3. The molecular weight excluding hydrogens is 194 g/mol. The number of anilines is 1. The number of carbonyl (C=O) groups is 2. The van der Waals surface area contributed by atoms with E-state index in [9.17, 15) is 9.59 Å². The molecule has 1 rings (SSSR count). The van der Waals surface area contributed by atoms with E-state index < -0.39 is 5.97 Å².